The largest absolute Gasteiger partial charge is 0.375 e. The van der Waals surface area contributed by atoms with Gasteiger partial charge < -0.3 is 19.5 Å². The molecule has 2 aromatic heterocycles. The van der Waals surface area contributed by atoms with Crippen molar-refractivity contribution in [3.8, 4) is 11.5 Å². The lowest BCUT2D eigenvalue weighted by Gasteiger charge is -2.30. The molecular weight excluding hydrogens is 288 g/mol. The minimum Gasteiger partial charge on any atom is -0.375 e. The van der Waals surface area contributed by atoms with Crippen LogP contribution in [0.3, 0.4) is 0 Å². The lowest BCUT2D eigenvalue weighted by atomic mass is 10.3. The van der Waals surface area contributed by atoms with Gasteiger partial charge in [-0.3, -0.25) is 0 Å². The van der Waals surface area contributed by atoms with Crippen LogP contribution in [0.25, 0.3) is 11.5 Å². The van der Waals surface area contributed by atoms with Gasteiger partial charge in [0.1, 0.15) is 11.5 Å². The topological polar surface area (TPSA) is 68.1 Å². The summed E-state index contributed by atoms with van der Waals surface area (Å²) in [6.45, 7) is 7.30. The van der Waals surface area contributed by atoms with Gasteiger partial charge in [-0.2, -0.15) is 0 Å². The van der Waals surface area contributed by atoms with Gasteiger partial charge >= 0.3 is 0 Å². The third-order valence-corrected chi connectivity index (χ3v) is 4.76. The molecule has 0 saturated carbocycles. The number of hydrogen-bond acceptors (Lipinski definition) is 7. The minimum absolute atomic E-state index is 0.262. The van der Waals surface area contributed by atoms with Crippen LogP contribution in [0.5, 0.6) is 0 Å². The molecule has 0 radical (unpaired) electrons. The van der Waals surface area contributed by atoms with Crippen molar-refractivity contribution >= 4 is 16.5 Å². The maximum atomic E-state index is 5.58. The summed E-state index contributed by atoms with van der Waals surface area (Å²) in [5.74, 6) is 1.88. The summed E-state index contributed by atoms with van der Waals surface area (Å²) in [5, 5.41) is 15.0. The summed E-state index contributed by atoms with van der Waals surface area (Å²) in [7, 11) is 0. The van der Waals surface area contributed by atoms with Crippen LogP contribution in [0.2, 0.25) is 0 Å². The van der Waals surface area contributed by atoms with Crippen molar-refractivity contribution in [2.45, 2.75) is 26.1 Å². The fraction of sp³-hybridized carbons (Fsp3) is 0.615. The van der Waals surface area contributed by atoms with Crippen LogP contribution < -0.4 is 10.2 Å². The first-order valence-corrected chi connectivity index (χ1v) is 8.14. The molecule has 7 nitrogen and oxygen atoms in total. The molecule has 0 spiro atoms. The van der Waals surface area contributed by atoms with E-state index in [1.165, 1.54) is 0 Å². The maximum absolute atomic E-state index is 5.58. The van der Waals surface area contributed by atoms with Crippen molar-refractivity contribution in [3.05, 3.63) is 11.2 Å². The Labute approximate surface area is 127 Å². The van der Waals surface area contributed by atoms with E-state index < -0.39 is 0 Å². The molecule has 1 unspecified atom stereocenters. The first-order chi connectivity index (χ1) is 10.3. The molecule has 4 rings (SSSR count). The molecule has 4 heterocycles. The Morgan fingerprint density at radius 3 is 3.24 bits per heavy atom. The third-order valence-electron chi connectivity index (χ3n) is 3.86. The number of rotatable bonds is 2. The van der Waals surface area contributed by atoms with Crippen molar-refractivity contribution in [2.75, 3.05) is 31.1 Å². The van der Waals surface area contributed by atoms with E-state index in [9.17, 15) is 0 Å². The van der Waals surface area contributed by atoms with E-state index in [0.29, 0.717) is 0 Å². The molecule has 112 valence electrons. The van der Waals surface area contributed by atoms with Gasteiger partial charge in [0.25, 0.3) is 0 Å². The highest BCUT2D eigenvalue weighted by Crippen LogP contribution is 2.28. The smallest absolute Gasteiger partial charge is 0.186 e. The third kappa shape index (κ3) is 2.43. The lowest BCUT2D eigenvalue weighted by molar-refractivity contribution is 0.0532. The Morgan fingerprint density at radius 2 is 2.33 bits per heavy atom. The van der Waals surface area contributed by atoms with Crippen molar-refractivity contribution in [2.24, 2.45) is 0 Å². The van der Waals surface area contributed by atoms with Gasteiger partial charge in [-0.15, -0.1) is 21.5 Å². The van der Waals surface area contributed by atoms with Crippen LogP contribution in [0.4, 0.5) is 5.13 Å². The molecule has 0 aliphatic carbocycles. The van der Waals surface area contributed by atoms with Crippen molar-refractivity contribution < 1.29 is 4.74 Å². The number of ether oxygens (including phenoxy) is 1. The zero-order valence-electron chi connectivity index (χ0n) is 11.9. The molecule has 1 saturated heterocycles. The van der Waals surface area contributed by atoms with E-state index in [-0.39, 0.29) is 6.10 Å². The molecule has 1 atom stereocenters. The van der Waals surface area contributed by atoms with Crippen LogP contribution >= 0.6 is 11.3 Å². The SMILES string of the molecule is CC1CN(c2nc(-c3nnc4n3CCNC4)cs2)CCO1. The number of anilines is 1. The number of nitrogens with zero attached hydrogens (tertiary/aromatic N) is 5. The monoisotopic (exact) mass is 306 g/mol. The van der Waals surface area contributed by atoms with Gasteiger partial charge in [-0.1, -0.05) is 0 Å². The number of morpholine rings is 1. The number of hydrogen-bond donors (Lipinski definition) is 1. The van der Waals surface area contributed by atoms with Gasteiger partial charge in [-0.05, 0) is 6.92 Å². The molecule has 1 N–H and O–H groups in total. The second-order valence-corrected chi connectivity index (χ2v) is 6.25. The zero-order valence-corrected chi connectivity index (χ0v) is 12.8. The summed E-state index contributed by atoms with van der Waals surface area (Å²) in [4.78, 5) is 7.05. The Morgan fingerprint density at radius 1 is 1.38 bits per heavy atom. The minimum atomic E-state index is 0.262. The quantitative estimate of drug-likeness (QED) is 0.882. The van der Waals surface area contributed by atoms with E-state index in [1.54, 1.807) is 11.3 Å². The van der Waals surface area contributed by atoms with Crippen molar-refractivity contribution in [1.82, 2.24) is 25.1 Å². The summed E-state index contributed by atoms with van der Waals surface area (Å²) >= 11 is 1.67. The van der Waals surface area contributed by atoms with Gasteiger partial charge in [0, 0.05) is 31.6 Å². The van der Waals surface area contributed by atoms with Crippen LogP contribution in [0.15, 0.2) is 5.38 Å². The Kier molecular flexibility index (Phi) is 3.36. The Hall–Kier alpha value is -1.51. The normalized spacial score (nSPS) is 22.3. The molecule has 2 aromatic rings. The predicted molar refractivity (Wildman–Crippen MR) is 80.5 cm³/mol. The van der Waals surface area contributed by atoms with Crippen LogP contribution in [0.1, 0.15) is 12.7 Å². The van der Waals surface area contributed by atoms with Crippen molar-refractivity contribution in [3.63, 3.8) is 0 Å². The van der Waals surface area contributed by atoms with Crippen molar-refractivity contribution in [1.29, 1.82) is 0 Å². The second kappa shape index (κ2) is 5.36. The summed E-state index contributed by atoms with van der Waals surface area (Å²) < 4.78 is 7.75. The summed E-state index contributed by atoms with van der Waals surface area (Å²) in [6.07, 6.45) is 0.262. The average Bonchev–Trinajstić information content (AvgIpc) is 3.14. The number of aromatic nitrogens is 4. The van der Waals surface area contributed by atoms with E-state index in [0.717, 1.165) is 61.8 Å². The fourth-order valence-corrected chi connectivity index (χ4v) is 3.63. The van der Waals surface area contributed by atoms with E-state index in [4.69, 9.17) is 9.72 Å². The van der Waals surface area contributed by atoms with Gasteiger partial charge in [0.15, 0.2) is 11.0 Å². The standard InChI is InChI=1S/C13H18N6OS/c1-9-7-18(4-5-20-9)13-15-10(8-21-13)12-17-16-11-6-14-2-3-19(11)12/h8-9,14H,2-7H2,1H3. The fourth-order valence-electron chi connectivity index (χ4n) is 2.79. The molecule has 8 heteroatoms. The van der Waals surface area contributed by atoms with E-state index >= 15 is 0 Å². The molecule has 2 aliphatic rings. The predicted octanol–water partition coefficient (Wildman–Crippen LogP) is 0.730. The maximum Gasteiger partial charge on any atom is 0.186 e. The van der Waals surface area contributed by atoms with E-state index in [2.05, 4.69) is 37.3 Å². The highest BCUT2D eigenvalue weighted by molar-refractivity contribution is 7.14. The molecule has 0 bridgehead atoms. The van der Waals surface area contributed by atoms with Crippen LogP contribution in [0, 0.1) is 0 Å². The van der Waals surface area contributed by atoms with E-state index in [1.807, 2.05) is 0 Å². The molecular formula is C13H18N6OS. The number of fused-ring (bicyclic) bond motifs is 1. The molecule has 2 aliphatic heterocycles. The first-order valence-electron chi connectivity index (χ1n) is 7.26. The zero-order chi connectivity index (χ0) is 14.2. The summed E-state index contributed by atoms with van der Waals surface area (Å²) in [5.41, 5.74) is 0.926. The van der Waals surface area contributed by atoms with Crippen LogP contribution in [-0.2, 0) is 17.8 Å². The number of nitrogens with one attached hydrogen (secondary N) is 1. The Balaban J connectivity index is 1.61. The Bertz CT molecular complexity index is 638. The molecule has 0 amide bonds. The van der Waals surface area contributed by atoms with Gasteiger partial charge in [0.2, 0.25) is 0 Å². The number of thiazole rings is 1. The van der Waals surface area contributed by atoms with Gasteiger partial charge in [-0.25, -0.2) is 4.98 Å². The molecule has 21 heavy (non-hydrogen) atoms. The lowest BCUT2D eigenvalue weighted by Crippen LogP contribution is -2.41. The second-order valence-electron chi connectivity index (χ2n) is 5.41. The average molecular weight is 306 g/mol. The highest BCUT2D eigenvalue weighted by atomic mass is 32.1. The summed E-state index contributed by atoms with van der Waals surface area (Å²) in [6, 6.07) is 0. The van der Waals surface area contributed by atoms with Gasteiger partial charge in [0.05, 0.1) is 19.3 Å². The van der Waals surface area contributed by atoms with Crippen LogP contribution in [-0.4, -0.2) is 52.1 Å². The molecule has 1 fully saturated rings. The highest BCUT2D eigenvalue weighted by Gasteiger charge is 2.22. The molecule has 0 aromatic carbocycles. The first kappa shape index (κ1) is 13.2.